The lowest BCUT2D eigenvalue weighted by molar-refractivity contribution is 0.192. The minimum Gasteiger partial charge on any atom is -0.361 e. The Morgan fingerprint density at radius 3 is 3.07 bits per heavy atom. The van der Waals surface area contributed by atoms with E-state index in [0.29, 0.717) is 6.04 Å². The van der Waals surface area contributed by atoms with Gasteiger partial charge in [-0.15, -0.1) is 11.3 Å². The van der Waals surface area contributed by atoms with Gasteiger partial charge in [-0.1, -0.05) is 18.2 Å². The molecule has 0 fully saturated rings. The molecule has 3 aromatic rings. The van der Waals surface area contributed by atoms with E-state index in [0.717, 1.165) is 38.6 Å². The molecule has 1 aliphatic rings. The van der Waals surface area contributed by atoms with Gasteiger partial charge in [0.2, 0.25) is 0 Å². The Balaban J connectivity index is 1.24. The summed E-state index contributed by atoms with van der Waals surface area (Å²) in [6.45, 7) is 6.25. The highest BCUT2D eigenvalue weighted by molar-refractivity contribution is 7.10. The molecule has 3 N–H and O–H groups in total. The SMILES string of the molecule is CN=C(NCCc1c[nH]c2ccccc12)NCC(C)N1CCc2sccc2C1. The third-order valence-corrected chi connectivity index (χ3v) is 6.63. The number of nitrogens with one attached hydrogen (secondary N) is 3. The van der Waals surface area contributed by atoms with Crippen molar-refractivity contribution in [2.75, 3.05) is 26.7 Å². The van der Waals surface area contributed by atoms with Crippen LogP contribution in [-0.2, 0) is 19.4 Å². The molecule has 0 radical (unpaired) electrons. The number of thiophene rings is 1. The second-order valence-corrected chi connectivity index (χ2v) is 8.43. The maximum atomic E-state index is 4.38. The number of fused-ring (bicyclic) bond motifs is 2. The first-order valence-electron chi connectivity index (χ1n) is 10.0. The monoisotopic (exact) mass is 395 g/mol. The molecule has 4 rings (SSSR count). The van der Waals surface area contributed by atoms with Crippen molar-refractivity contribution >= 4 is 28.2 Å². The van der Waals surface area contributed by atoms with Crippen molar-refractivity contribution in [3.8, 4) is 0 Å². The first-order chi connectivity index (χ1) is 13.7. The zero-order valence-corrected chi connectivity index (χ0v) is 17.5. The standard InChI is InChI=1S/C22H29N5S/c1-16(27-11-8-21-18(15-27)9-12-28-21)13-26-22(23-2)24-10-7-17-14-25-20-6-4-3-5-19(17)20/h3-6,9,12,14,16,25H,7-8,10-11,13,15H2,1-2H3,(H2,23,24,26). The Kier molecular flexibility index (Phi) is 5.98. The molecule has 28 heavy (non-hydrogen) atoms. The van der Waals surface area contributed by atoms with E-state index in [1.165, 1.54) is 28.5 Å². The van der Waals surface area contributed by atoms with Crippen molar-refractivity contribution in [3.05, 3.63) is 57.9 Å². The van der Waals surface area contributed by atoms with Crippen molar-refractivity contribution in [1.29, 1.82) is 0 Å². The van der Waals surface area contributed by atoms with E-state index >= 15 is 0 Å². The number of guanidine groups is 1. The lowest BCUT2D eigenvalue weighted by Crippen LogP contribution is -2.47. The van der Waals surface area contributed by atoms with Gasteiger partial charge in [-0.3, -0.25) is 9.89 Å². The molecule has 0 aliphatic carbocycles. The summed E-state index contributed by atoms with van der Waals surface area (Å²) in [6.07, 6.45) is 4.25. The smallest absolute Gasteiger partial charge is 0.191 e. The number of nitrogens with zero attached hydrogens (tertiary/aromatic N) is 2. The predicted molar refractivity (Wildman–Crippen MR) is 119 cm³/mol. The molecule has 0 spiro atoms. The van der Waals surface area contributed by atoms with Crippen LogP contribution in [0.3, 0.4) is 0 Å². The number of para-hydroxylation sites is 1. The molecule has 0 saturated heterocycles. The van der Waals surface area contributed by atoms with Gasteiger partial charge in [0.15, 0.2) is 5.96 Å². The zero-order valence-electron chi connectivity index (χ0n) is 16.7. The molecule has 1 unspecified atom stereocenters. The summed E-state index contributed by atoms with van der Waals surface area (Å²) in [7, 11) is 1.84. The van der Waals surface area contributed by atoms with Crippen molar-refractivity contribution < 1.29 is 0 Å². The normalized spacial score (nSPS) is 16.1. The number of aromatic nitrogens is 1. The highest BCUT2D eigenvalue weighted by Gasteiger charge is 2.21. The zero-order chi connectivity index (χ0) is 19.3. The quantitative estimate of drug-likeness (QED) is 0.443. The molecular formula is C22H29N5S. The van der Waals surface area contributed by atoms with Gasteiger partial charge >= 0.3 is 0 Å². The van der Waals surface area contributed by atoms with Gasteiger partial charge in [0.05, 0.1) is 0 Å². The van der Waals surface area contributed by atoms with Gasteiger partial charge < -0.3 is 15.6 Å². The third-order valence-electron chi connectivity index (χ3n) is 5.61. The Morgan fingerprint density at radius 2 is 2.18 bits per heavy atom. The Morgan fingerprint density at radius 1 is 1.29 bits per heavy atom. The minimum absolute atomic E-state index is 0.472. The molecule has 1 aliphatic heterocycles. The molecular weight excluding hydrogens is 366 g/mol. The van der Waals surface area contributed by atoms with Gasteiger partial charge in [-0.2, -0.15) is 0 Å². The average molecular weight is 396 g/mol. The van der Waals surface area contributed by atoms with Crippen LogP contribution in [0.2, 0.25) is 0 Å². The van der Waals surface area contributed by atoms with Gasteiger partial charge in [0, 0.05) is 61.2 Å². The van der Waals surface area contributed by atoms with E-state index in [1.54, 1.807) is 4.88 Å². The Hall–Kier alpha value is -2.31. The van der Waals surface area contributed by atoms with Crippen LogP contribution in [0.1, 0.15) is 22.9 Å². The van der Waals surface area contributed by atoms with E-state index in [4.69, 9.17) is 0 Å². The Bertz CT molecular complexity index is 941. The summed E-state index contributed by atoms with van der Waals surface area (Å²) in [5.74, 6) is 0.875. The number of H-pyrrole nitrogens is 1. The number of benzene rings is 1. The van der Waals surface area contributed by atoms with Crippen molar-refractivity contribution in [1.82, 2.24) is 20.5 Å². The fourth-order valence-corrected chi connectivity index (χ4v) is 4.78. The molecule has 0 bridgehead atoms. The summed E-state index contributed by atoms with van der Waals surface area (Å²) in [5, 5.41) is 10.5. The van der Waals surface area contributed by atoms with Gasteiger partial charge in [0.1, 0.15) is 0 Å². The topological polar surface area (TPSA) is 55.5 Å². The van der Waals surface area contributed by atoms with Crippen LogP contribution < -0.4 is 10.6 Å². The average Bonchev–Trinajstić information content (AvgIpc) is 3.36. The van der Waals surface area contributed by atoms with E-state index in [1.807, 2.05) is 18.4 Å². The number of hydrogen-bond donors (Lipinski definition) is 3. The first kappa shape index (κ1) is 19.0. The van der Waals surface area contributed by atoms with Gasteiger partial charge in [-0.05, 0) is 48.4 Å². The van der Waals surface area contributed by atoms with Crippen molar-refractivity contribution in [2.24, 2.45) is 4.99 Å². The highest BCUT2D eigenvalue weighted by atomic mass is 32.1. The summed E-state index contributed by atoms with van der Waals surface area (Å²) in [6, 6.07) is 11.2. The molecule has 3 heterocycles. The summed E-state index contributed by atoms with van der Waals surface area (Å²) < 4.78 is 0. The fraction of sp³-hybridized carbons (Fsp3) is 0.409. The van der Waals surface area contributed by atoms with Crippen molar-refractivity contribution in [2.45, 2.75) is 32.4 Å². The van der Waals surface area contributed by atoms with E-state index in [2.05, 4.69) is 74.3 Å². The molecule has 6 heteroatoms. The molecule has 1 atom stereocenters. The molecule has 2 aromatic heterocycles. The summed E-state index contributed by atoms with van der Waals surface area (Å²) >= 11 is 1.90. The van der Waals surface area contributed by atoms with Crippen LogP contribution in [0, 0.1) is 0 Å². The lowest BCUT2D eigenvalue weighted by Gasteiger charge is -2.32. The van der Waals surface area contributed by atoms with E-state index in [9.17, 15) is 0 Å². The van der Waals surface area contributed by atoms with E-state index in [-0.39, 0.29) is 0 Å². The predicted octanol–water partition coefficient (Wildman–Crippen LogP) is 3.38. The van der Waals surface area contributed by atoms with Crippen LogP contribution in [0.5, 0.6) is 0 Å². The second kappa shape index (κ2) is 8.80. The van der Waals surface area contributed by atoms with Crippen LogP contribution in [0.15, 0.2) is 46.9 Å². The number of aromatic amines is 1. The van der Waals surface area contributed by atoms with Crippen LogP contribution in [-0.4, -0.2) is 48.6 Å². The molecule has 1 aromatic carbocycles. The molecule has 5 nitrogen and oxygen atoms in total. The summed E-state index contributed by atoms with van der Waals surface area (Å²) in [5.41, 5.74) is 4.04. The molecule has 0 amide bonds. The van der Waals surface area contributed by atoms with Crippen LogP contribution in [0.4, 0.5) is 0 Å². The van der Waals surface area contributed by atoms with E-state index < -0.39 is 0 Å². The maximum absolute atomic E-state index is 4.38. The number of aliphatic imine (C=N–C) groups is 1. The number of rotatable bonds is 6. The Labute approximate surface area is 170 Å². The number of hydrogen-bond acceptors (Lipinski definition) is 3. The fourth-order valence-electron chi connectivity index (χ4n) is 3.89. The third kappa shape index (κ3) is 4.23. The highest BCUT2D eigenvalue weighted by Crippen LogP contribution is 2.25. The molecule has 0 saturated carbocycles. The largest absolute Gasteiger partial charge is 0.361 e. The van der Waals surface area contributed by atoms with Crippen molar-refractivity contribution in [3.63, 3.8) is 0 Å². The molecule has 148 valence electrons. The van der Waals surface area contributed by atoms with Gasteiger partial charge in [0.25, 0.3) is 0 Å². The lowest BCUT2D eigenvalue weighted by atomic mass is 10.1. The second-order valence-electron chi connectivity index (χ2n) is 7.43. The van der Waals surface area contributed by atoms with Crippen LogP contribution >= 0.6 is 11.3 Å². The first-order valence-corrected chi connectivity index (χ1v) is 10.9. The minimum atomic E-state index is 0.472. The van der Waals surface area contributed by atoms with Gasteiger partial charge in [-0.25, -0.2) is 0 Å². The summed E-state index contributed by atoms with van der Waals surface area (Å²) in [4.78, 5) is 11.8. The van der Waals surface area contributed by atoms with Crippen LogP contribution in [0.25, 0.3) is 10.9 Å². The maximum Gasteiger partial charge on any atom is 0.191 e.